The average molecular weight is 217 g/mol. The number of hydrogen-bond donors (Lipinski definition) is 1. The van der Waals surface area contributed by atoms with Crippen molar-refractivity contribution in [1.29, 1.82) is 0 Å². The fourth-order valence-corrected chi connectivity index (χ4v) is 3.11. The smallest absolute Gasteiger partial charge is 0.0695 e. The van der Waals surface area contributed by atoms with Crippen molar-refractivity contribution in [3.8, 4) is 0 Å². The Labute approximate surface area is 96.9 Å². The van der Waals surface area contributed by atoms with E-state index in [1.807, 2.05) is 0 Å². The summed E-state index contributed by atoms with van der Waals surface area (Å²) in [5, 5.41) is 10.1. The Morgan fingerprint density at radius 1 is 1.00 bits per heavy atom. The molecule has 1 aromatic rings. The number of hydrogen-bond acceptors (Lipinski definition) is 2. The lowest BCUT2D eigenvalue weighted by molar-refractivity contribution is 0.0177. The molecule has 1 fully saturated rings. The highest BCUT2D eigenvalue weighted by Gasteiger charge is 2.31. The minimum atomic E-state index is -0.108. The molecule has 1 aliphatic heterocycles. The molecule has 2 aliphatic rings. The Bertz CT molecular complexity index is 352. The topological polar surface area (TPSA) is 23.5 Å². The van der Waals surface area contributed by atoms with E-state index in [0.717, 1.165) is 25.9 Å². The summed E-state index contributed by atoms with van der Waals surface area (Å²) in [5.74, 6) is 0. The lowest BCUT2D eigenvalue weighted by atomic mass is 9.91. The van der Waals surface area contributed by atoms with E-state index in [9.17, 15) is 5.11 Å². The van der Waals surface area contributed by atoms with Gasteiger partial charge in [-0.15, -0.1) is 0 Å². The predicted molar refractivity (Wildman–Crippen MR) is 64.0 cm³/mol. The maximum atomic E-state index is 10.1. The van der Waals surface area contributed by atoms with E-state index in [4.69, 9.17) is 0 Å². The molecule has 86 valence electrons. The Kier molecular flexibility index (Phi) is 2.70. The summed E-state index contributed by atoms with van der Waals surface area (Å²) < 4.78 is 0. The first kappa shape index (κ1) is 10.3. The van der Waals surface area contributed by atoms with Crippen LogP contribution in [-0.4, -0.2) is 22.2 Å². The zero-order valence-corrected chi connectivity index (χ0v) is 9.60. The maximum absolute atomic E-state index is 10.1. The zero-order valence-electron chi connectivity index (χ0n) is 9.60. The van der Waals surface area contributed by atoms with Crippen molar-refractivity contribution in [2.24, 2.45) is 0 Å². The molecule has 0 saturated heterocycles. The standard InChI is InChI=1S/C14H19NO/c16-14-8-4-3-7-13(14)15-9-11-5-1-2-6-12(11)10-15/h1-2,5-6,13-14,16H,3-4,7-10H2/t13-,14+/m0/s1. The summed E-state index contributed by atoms with van der Waals surface area (Å²) in [5.41, 5.74) is 2.89. The summed E-state index contributed by atoms with van der Waals surface area (Å²) in [6.07, 6.45) is 4.50. The van der Waals surface area contributed by atoms with Crippen molar-refractivity contribution in [2.75, 3.05) is 0 Å². The minimum Gasteiger partial charge on any atom is -0.391 e. The lowest BCUT2D eigenvalue weighted by Crippen LogP contribution is -2.42. The normalized spacial score (nSPS) is 30.3. The molecule has 0 aromatic heterocycles. The van der Waals surface area contributed by atoms with Gasteiger partial charge >= 0.3 is 0 Å². The molecule has 1 aliphatic carbocycles. The molecule has 0 bridgehead atoms. The number of aliphatic hydroxyl groups excluding tert-OH is 1. The molecule has 0 radical (unpaired) electrons. The van der Waals surface area contributed by atoms with E-state index >= 15 is 0 Å². The van der Waals surface area contributed by atoms with Crippen molar-refractivity contribution >= 4 is 0 Å². The van der Waals surface area contributed by atoms with Gasteiger partial charge in [-0.1, -0.05) is 37.1 Å². The van der Waals surface area contributed by atoms with E-state index in [0.29, 0.717) is 6.04 Å². The number of fused-ring (bicyclic) bond motifs is 1. The molecule has 1 N–H and O–H groups in total. The predicted octanol–water partition coefficient (Wildman–Crippen LogP) is 2.31. The van der Waals surface area contributed by atoms with Crippen molar-refractivity contribution < 1.29 is 5.11 Å². The summed E-state index contributed by atoms with van der Waals surface area (Å²) >= 11 is 0. The second-order valence-electron chi connectivity index (χ2n) is 5.09. The van der Waals surface area contributed by atoms with Gasteiger partial charge in [0, 0.05) is 19.1 Å². The molecule has 3 rings (SSSR count). The summed E-state index contributed by atoms with van der Waals surface area (Å²) in [4.78, 5) is 2.45. The van der Waals surface area contributed by atoms with Gasteiger partial charge in [-0.3, -0.25) is 4.90 Å². The molecule has 2 atom stereocenters. The zero-order chi connectivity index (χ0) is 11.0. The molecule has 0 unspecified atom stereocenters. The van der Waals surface area contributed by atoms with Crippen LogP contribution in [0.5, 0.6) is 0 Å². The molecular formula is C14H19NO. The monoisotopic (exact) mass is 217 g/mol. The highest BCUT2D eigenvalue weighted by Crippen LogP contribution is 2.30. The van der Waals surface area contributed by atoms with E-state index in [1.54, 1.807) is 0 Å². The Hall–Kier alpha value is -0.860. The Morgan fingerprint density at radius 2 is 1.62 bits per heavy atom. The van der Waals surface area contributed by atoms with Crippen LogP contribution < -0.4 is 0 Å². The summed E-state index contributed by atoms with van der Waals surface area (Å²) in [7, 11) is 0. The van der Waals surface area contributed by atoms with Crippen molar-refractivity contribution in [1.82, 2.24) is 4.90 Å². The molecule has 1 heterocycles. The molecular weight excluding hydrogens is 198 g/mol. The third kappa shape index (κ3) is 1.76. The van der Waals surface area contributed by atoms with Crippen LogP contribution in [0.15, 0.2) is 24.3 Å². The molecule has 16 heavy (non-hydrogen) atoms. The van der Waals surface area contributed by atoms with Crippen LogP contribution in [0, 0.1) is 0 Å². The highest BCUT2D eigenvalue weighted by atomic mass is 16.3. The van der Waals surface area contributed by atoms with Gasteiger partial charge in [0.1, 0.15) is 0 Å². The quantitative estimate of drug-likeness (QED) is 0.780. The number of benzene rings is 1. The third-order valence-electron chi connectivity index (χ3n) is 4.03. The fraction of sp³-hybridized carbons (Fsp3) is 0.571. The van der Waals surface area contributed by atoms with E-state index in [1.165, 1.54) is 24.0 Å². The van der Waals surface area contributed by atoms with E-state index < -0.39 is 0 Å². The Morgan fingerprint density at radius 3 is 2.25 bits per heavy atom. The number of nitrogens with zero attached hydrogens (tertiary/aromatic N) is 1. The van der Waals surface area contributed by atoms with Gasteiger partial charge in [-0.05, 0) is 24.0 Å². The first-order chi connectivity index (χ1) is 7.84. The second-order valence-corrected chi connectivity index (χ2v) is 5.09. The van der Waals surface area contributed by atoms with Crippen LogP contribution in [0.3, 0.4) is 0 Å². The number of rotatable bonds is 1. The molecule has 2 heteroatoms. The van der Waals surface area contributed by atoms with E-state index in [-0.39, 0.29) is 6.10 Å². The molecule has 1 aromatic carbocycles. The van der Waals surface area contributed by atoms with E-state index in [2.05, 4.69) is 29.2 Å². The maximum Gasteiger partial charge on any atom is 0.0695 e. The first-order valence-corrected chi connectivity index (χ1v) is 6.33. The van der Waals surface area contributed by atoms with Crippen molar-refractivity contribution in [3.05, 3.63) is 35.4 Å². The van der Waals surface area contributed by atoms with Gasteiger partial charge in [-0.2, -0.15) is 0 Å². The van der Waals surface area contributed by atoms with Gasteiger partial charge in [0.2, 0.25) is 0 Å². The molecule has 2 nitrogen and oxygen atoms in total. The second kappa shape index (κ2) is 4.19. The molecule has 1 saturated carbocycles. The average Bonchev–Trinajstić information content (AvgIpc) is 2.73. The minimum absolute atomic E-state index is 0.108. The largest absolute Gasteiger partial charge is 0.391 e. The van der Waals surface area contributed by atoms with Crippen LogP contribution in [0.1, 0.15) is 36.8 Å². The SMILES string of the molecule is O[C@@H]1CCCC[C@@H]1N1Cc2ccccc2C1. The highest BCUT2D eigenvalue weighted by molar-refractivity contribution is 5.30. The van der Waals surface area contributed by atoms with Gasteiger partial charge in [0.25, 0.3) is 0 Å². The fourth-order valence-electron chi connectivity index (χ4n) is 3.11. The van der Waals surface area contributed by atoms with Crippen LogP contribution in [0.4, 0.5) is 0 Å². The van der Waals surface area contributed by atoms with Crippen molar-refractivity contribution in [2.45, 2.75) is 50.9 Å². The van der Waals surface area contributed by atoms with Gasteiger partial charge in [0.05, 0.1) is 6.10 Å². The van der Waals surface area contributed by atoms with Gasteiger partial charge in [-0.25, -0.2) is 0 Å². The van der Waals surface area contributed by atoms with Crippen LogP contribution in [0.2, 0.25) is 0 Å². The lowest BCUT2D eigenvalue weighted by Gasteiger charge is -2.34. The Balaban J connectivity index is 1.75. The van der Waals surface area contributed by atoms with Crippen LogP contribution in [0.25, 0.3) is 0 Å². The van der Waals surface area contributed by atoms with Crippen molar-refractivity contribution in [3.63, 3.8) is 0 Å². The summed E-state index contributed by atoms with van der Waals surface area (Å²) in [6.45, 7) is 2.05. The first-order valence-electron chi connectivity index (χ1n) is 6.33. The third-order valence-corrected chi connectivity index (χ3v) is 4.03. The van der Waals surface area contributed by atoms with Gasteiger partial charge in [0.15, 0.2) is 0 Å². The molecule has 0 amide bonds. The van der Waals surface area contributed by atoms with Crippen LogP contribution >= 0.6 is 0 Å². The summed E-state index contributed by atoms with van der Waals surface area (Å²) in [6, 6.07) is 9.04. The number of aliphatic hydroxyl groups is 1. The van der Waals surface area contributed by atoms with Gasteiger partial charge < -0.3 is 5.11 Å². The molecule has 0 spiro atoms. The van der Waals surface area contributed by atoms with Crippen LogP contribution in [-0.2, 0) is 13.1 Å².